The Morgan fingerprint density at radius 1 is 1.73 bits per heavy atom. The van der Waals surface area contributed by atoms with Gasteiger partial charge in [-0.25, -0.2) is 0 Å². The van der Waals surface area contributed by atoms with Crippen molar-refractivity contribution in [3.8, 4) is 0 Å². The van der Waals surface area contributed by atoms with Crippen molar-refractivity contribution in [3.63, 3.8) is 0 Å². The molecule has 0 aliphatic rings. The van der Waals surface area contributed by atoms with Gasteiger partial charge in [-0.05, 0) is 19.4 Å². The van der Waals surface area contributed by atoms with Crippen molar-refractivity contribution in [2.24, 2.45) is 12.8 Å². The summed E-state index contributed by atoms with van der Waals surface area (Å²) in [4.78, 5) is 11.6. The van der Waals surface area contributed by atoms with Gasteiger partial charge in [0.2, 0.25) is 5.91 Å². The van der Waals surface area contributed by atoms with Gasteiger partial charge in [0.25, 0.3) is 0 Å². The number of nitrogens with two attached hydrogens (primary N) is 1. The van der Waals surface area contributed by atoms with E-state index in [9.17, 15) is 4.79 Å². The molecule has 1 amide bonds. The first-order chi connectivity index (χ1) is 6.97. The molecule has 0 fully saturated rings. The summed E-state index contributed by atoms with van der Waals surface area (Å²) in [6, 6.07) is 1.86. The molecule has 5 nitrogen and oxygen atoms in total. The SMILES string of the molecule is CCC(C)(N)C(=O)NCc1ccnn1C. The van der Waals surface area contributed by atoms with Gasteiger partial charge in [-0.1, -0.05) is 6.92 Å². The number of nitrogens with zero attached hydrogens (tertiary/aromatic N) is 2. The van der Waals surface area contributed by atoms with Gasteiger partial charge in [-0.15, -0.1) is 0 Å². The van der Waals surface area contributed by atoms with Gasteiger partial charge in [0.05, 0.1) is 17.8 Å². The number of rotatable bonds is 4. The molecule has 0 radical (unpaired) electrons. The highest BCUT2D eigenvalue weighted by Crippen LogP contribution is 2.05. The molecule has 15 heavy (non-hydrogen) atoms. The normalized spacial score (nSPS) is 14.7. The van der Waals surface area contributed by atoms with Gasteiger partial charge in [-0.2, -0.15) is 5.10 Å². The second kappa shape index (κ2) is 4.44. The lowest BCUT2D eigenvalue weighted by Crippen LogP contribution is -2.50. The molecular formula is C10H18N4O. The predicted octanol–water partition coefficient (Wildman–Crippen LogP) is 0.164. The second-order valence-corrected chi connectivity index (χ2v) is 3.90. The lowest BCUT2D eigenvalue weighted by Gasteiger charge is -2.21. The third kappa shape index (κ3) is 2.79. The Morgan fingerprint density at radius 2 is 2.40 bits per heavy atom. The van der Waals surface area contributed by atoms with Crippen LogP contribution in [0.15, 0.2) is 12.3 Å². The molecule has 3 N–H and O–H groups in total. The number of aromatic nitrogens is 2. The zero-order valence-corrected chi connectivity index (χ0v) is 9.45. The third-order valence-electron chi connectivity index (χ3n) is 2.61. The standard InChI is InChI=1S/C10H18N4O/c1-4-10(2,11)9(15)12-7-8-5-6-13-14(8)3/h5-6H,4,7,11H2,1-3H3,(H,12,15). The van der Waals surface area contributed by atoms with Crippen LogP contribution in [-0.2, 0) is 18.4 Å². The average Bonchev–Trinajstić information content (AvgIpc) is 2.60. The minimum absolute atomic E-state index is 0.133. The lowest BCUT2D eigenvalue weighted by molar-refractivity contribution is -0.126. The molecule has 0 aliphatic heterocycles. The van der Waals surface area contributed by atoms with E-state index in [1.807, 2.05) is 20.0 Å². The van der Waals surface area contributed by atoms with Crippen molar-refractivity contribution < 1.29 is 4.79 Å². The Balaban J connectivity index is 2.52. The highest BCUT2D eigenvalue weighted by molar-refractivity contribution is 5.85. The molecule has 1 aromatic heterocycles. The molecule has 1 heterocycles. The van der Waals surface area contributed by atoms with Crippen molar-refractivity contribution >= 4 is 5.91 Å². The molecule has 0 aromatic carbocycles. The first kappa shape index (κ1) is 11.7. The van der Waals surface area contributed by atoms with Crippen molar-refractivity contribution in [2.75, 3.05) is 0 Å². The second-order valence-electron chi connectivity index (χ2n) is 3.90. The van der Waals surface area contributed by atoms with E-state index in [4.69, 9.17) is 5.73 Å². The van der Waals surface area contributed by atoms with Crippen LogP contribution in [0.2, 0.25) is 0 Å². The van der Waals surface area contributed by atoms with E-state index in [0.717, 1.165) is 5.69 Å². The van der Waals surface area contributed by atoms with Crippen LogP contribution in [-0.4, -0.2) is 21.2 Å². The first-order valence-corrected chi connectivity index (χ1v) is 5.01. The van der Waals surface area contributed by atoms with Crippen molar-refractivity contribution in [2.45, 2.75) is 32.4 Å². The minimum Gasteiger partial charge on any atom is -0.349 e. The summed E-state index contributed by atoms with van der Waals surface area (Å²) in [5.74, 6) is -0.133. The maximum absolute atomic E-state index is 11.6. The van der Waals surface area contributed by atoms with E-state index < -0.39 is 5.54 Å². The van der Waals surface area contributed by atoms with E-state index in [1.54, 1.807) is 17.8 Å². The summed E-state index contributed by atoms with van der Waals surface area (Å²) in [6.45, 7) is 4.08. The fourth-order valence-electron chi connectivity index (χ4n) is 1.11. The van der Waals surface area contributed by atoms with E-state index in [2.05, 4.69) is 10.4 Å². The Labute approximate surface area is 89.6 Å². The summed E-state index contributed by atoms with van der Waals surface area (Å²) >= 11 is 0. The molecule has 1 atom stereocenters. The van der Waals surface area contributed by atoms with Crippen LogP contribution in [0.3, 0.4) is 0 Å². The number of amides is 1. The van der Waals surface area contributed by atoms with Crippen LogP contribution < -0.4 is 11.1 Å². The number of carbonyl (C=O) groups excluding carboxylic acids is 1. The highest BCUT2D eigenvalue weighted by atomic mass is 16.2. The first-order valence-electron chi connectivity index (χ1n) is 5.01. The van der Waals surface area contributed by atoms with Crippen LogP contribution in [0.25, 0.3) is 0 Å². The number of hydrogen-bond acceptors (Lipinski definition) is 3. The molecule has 1 rings (SSSR count). The Kier molecular flexibility index (Phi) is 3.47. The van der Waals surface area contributed by atoms with E-state index in [-0.39, 0.29) is 5.91 Å². The number of hydrogen-bond donors (Lipinski definition) is 2. The summed E-state index contributed by atoms with van der Waals surface area (Å²) in [5.41, 5.74) is 5.96. The maximum atomic E-state index is 11.6. The smallest absolute Gasteiger partial charge is 0.240 e. The number of aryl methyl sites for hydroxylation is 1. The van der Waals surface area contributed by atoms with Crippen LogP contribution in [0.1, 0.15) is 26.0 Å². The molecule has 84 valence electrons. The largest absolute Gasteiger partial charge is 0.349 e. The topological polar surface area (TPSA) is 72.9 Å². The quantitative estimate of drug-likeness (QED) is 0.743. The van der Waals surface area contributed by atoms with E-state index >= 15 is 0 Å². The van der Waals surface area contributed by atoms with Crippen LogP contribution in [0.4, 0.5) is 0 Å². The van der Waals surface area contributed by atoms with Gasteiger partial charge in [0.15, 0.2) is 0 Å². The van der Waals surface area contributed by atoms with Crippen molar-refractivity contribution in [1.82, 2.24) is 15.1 Å². The Bertz CT molecular complexity index is 343. The third-order valence-corrected chi connectivity index (χ3v) is 2.61. The van der Waals surface area contributed by atoms with E-state index in [0.29, 0.717) is 13.0 Å². The predicted molar refractivity (Wildman–Crippen MR) is 57.9 cm³/mol. The zero-order chi connectivity index (χ0) is 11.5. The van der Waals surface area contributed by atoms with E-state index in [1.165, 1.54) is 0 Å². The fourth-order valence-corrected chi connectivity index (χ4v) is 1.11. The molecule has 0 bridgehead atoms. The number of nitrogens with one attached hydrogen (secondary N) is 1. The molecule has 1 aromatic rings. The van der Waals surface area contributed by atoms with Crippen LogP contribution in [0, 0.1) is 0 Å². The monoisotopic (exact) mass is 210 g/mol. The molecule has 1 unspecified atom stereocenters. The van der Waals surface area contributed by atoms with Crippen molar-refractivity contribution in [1.29, 1.82) is 0 Å². The zero-order valence-electron chi connectivity index (χ0n) is 9.45. The summed E-state index contributed by atoms with van der Waals surface area (Å²) in [5, 5.41) is 6.80. The molecule has 0 aliphatic carbocycles. The fraction of sp³-hybridized carbons (Fsp3) is 0.600. The van der Waals surface area contributed by atoms with Gasteiger partial charge in [0.1, 0.15) is 0 Å². The maximum Gasteiger partial charge on any atom is 0.240 e. The Hall–Kier alpha value is -1.36. The van der Waals surface area contributed by atoms with Crippen LogP contribution >= 0.6 is 0 Å². The van der Waals surface area contributed by atoms with Crippen molar-refractivity contribution in [3.05, 3.63) is 18.0 Å². The Morgan fingerprint density at radius 3 is 2.87 bits per heavy atom. The average molecular weight is 210 g/mol. The summed E-state index contributed by atoms with van der Waals surface area (Å²) in [6.07, 6.45) is 2.31. The minimum atomic E-state index is -0.793. The van der Waals surface area contributed by atoms with Gasteiger partial charge < -0.3 is 11.1 Å². The number of carbonyl (C=O) groups is 1. The van der Waals surface area contributed by atoms with Gasteiger partial charge >= 0.3 is 0 Å². The van der Waals surface area contributed by atoms with Gasteiger partial charge in [0, 0.05) is 13.2 Å². The highest BCUT2D eigenvalue weighted by Gasteiger charge is 2.25. The molecule has 0 spiro atoms. The molecule has 0 saturated carbocycles. The lowest BCUT2D eigenvalue weighted by atomic mass is 10.00. The van der Waals surface area contributed by atoms with Crippen LogP contribution in [0.5, 0.6) is 0 Å². The summed E-state index contributed by atoms with van der Waals surface area (Å²) in [7, 11) is 1.84. The molecule has 5 heteroatoms. The van der Waals surface area contributed by atoms with Gasteiger partial charge in [-0.3, -0.25) is 9.48 Å². The summed E-state index contributed by atoms with van der Waals surface area (Å²) < 4.78 is 1.72. The molecular weight excluding hydrogens is 192 g/mol. The molecule has 0 saturated heterocycles.